The zero-order valence-electron chi connectivity index (χ0n) is 17.0. The van der Waals surface area contributed by atoms with Gasteiger partial charge in [-0.25, -0.2) is 13.2 Å². The molecule has 0 spiro atoms. The molecule has 0 aliphatic carbocycles. The van der Waals surface area contributed by atoms with Crippen LogP contribution in [0.4, 0.5) is 0 Å². The van der Waals surface area contributed by atoms with Crippen molar-refractivity contribution in [3.63, 3.8) is 0 Å². The fourth-order valence-corrected chi connectivity index (χ4v) is 4.68. The van der Waals surface area contributed by atoms with Crippen LogP contribution < -0.4 is 10.4 Å². The number of rotatable bonds is 5. The van der Waals surface area contributed by atoms with Crippen molar-refractivity contribution >= 4 is 42.5 Å². The molecule has 0 fully saturated rings. The second-order valence-electron chi connectivity index (χ2n) is 7.93. The van der Waals surface area contributed by atoms with Crippen LogP contribution in [0.15, 0.2) is 61.0 Å². The number of ketones is 1. The Morgan fingerprint density at radius 2 is 1.73 bits per heavy atom. The van der Waals surface area contributed by atoms with Gasteiger partial charge < -0.3 is 9.15 Å². The number of ether oxygens (including phenoxy) is 1. The molecule has 30 heavy (non-hydrogen) atoms. The highest BCUT2D eigenvalue weighted by atomic mass is 79.9. The van der Waals surface area contributed by atoms with E-state index in [4.69, 9.17) is 9.15 Å². The summed E-state index contributed by atoms with van der Waals surface area (Å²) in [6.07, 6.45) is 0. The lowest BCUT2D eigenvalue weighted by atomic mass is 9.87. The van der Waals surface area contributed by atoms with Gasteiger partial charge in [0.2, 0.25) is 0 Å². The molecule has 0 aliphatic rings. The van der Waals surface area contributed by atoms with E-state index in [1.165, 1.54) is 25.3 Å². The standard InChI is InChI=1S/C22H21BrO6S/c1-22(2,3)14-5-7-16(8-6-14)30(26,27)12-18(24)17-10-13-9-15(23)11-19(28-4)20(13)29-21(17)25/h5-11H,12H2,1-4H3. The van der Waals surface area contributed by atoms with Crippen LogP contribution in [0.5, 0.6) is 5.75 Å². The zero-order valence-corrected chi connectivity index (χ0v) is 19.4. The van der Waals surface area contributed by atoms with Crippen molar-refractivity contribution in [2.75, 3.05) is 12.9 Å². The van der Waals surface area contributed by atoms with E-state index in [-0.39, 0.29) is 21.5 Å². The van der Waals surface area contributed by atoms with Gasteiger partial charge in [-0.05, 0) is 41.3 Å². The van der Waals surface area contributed by atoms with E-state index in [2.05, 4.69) is 15.9 Å². The first-order valence-electron chi connectivity index (χ1n) is 9.10. The third kappa shape index (κ3) is 4.49. The predicted molar refractivity (Wildman–Crippen MR) is 118 cm³/mol. The maximum absolute atomic E-state index is 12.7. The van der Waals surface area contributed by atoms with Crippen LogP contribution in [0.3, 0.4) is 0 Å². The Kier molecular flexibility index (Phi) is 5.93. The third-order valence-electron chi connectivity index (χ3n) is 4.68. The number of methoxy groups -OCH3 is 1. The van der Waals surface area contributed by atoms with Gasteiger partial charge in [0, 0.05) is 9.86 Å². The van der Waals surface area contributed by atoms with Gasteiger partial charge in [-0.2, -0.15) is 0 Å². The molecule has 2 aromatic carbocycles. The van der Waals surface area contributed by atoms with Crippen molar-refractivity contribution in [1.82, 2.24) is 0 Å². The van der Waals surface area contributed by atoms with Crippen LogP contribution in [0, 0.1) is 0 Å². The Hall–Kier alpha value is -2.45. The lowest BCUT2D eigenvalue weighted by Crippen LogP contribution is -2.22. The smallest absolute Gasteiger partial charge is 0.347 e. The molecule has 0 saturated heterocycles. The Morgan fingerprint density at radius 3 is 2.30 bits per heavy atom. The molecule has 3 aromatic rings. The highest BCUT2D eigenvalue weighted by Crippen LogP contribution is 2.30. The van der Waals surface area contributed by atoms with Crippen LogP contribution in [-0.2, 0) is 15.3 Å². The van der Waals surface area contributed by atoms with Crippen LogP contribution in [0.2, 0.25) is 0 Å². The topological polar surface area (TPSA) is 90.7 Å². The Balaban J connectivity index is 1.96. The lowest BCUT2D eigenvalue weighted by Gasteiger charge is -2.19. The van der Waals surface area contributed by atoms with Gasteiger partial charge in [-0.3, -0.25) is 4.79 Å². The molecule has 6 nitrogen and oxygen atoms in total. The summed E-state index contributed by atoms with van der Waals surface area (Å²) in [7, 11) is -2.50. The van der Waals surface area contributed by atoms with E-state index in [9.17, 15) is 18.0 Å². The summed E-state index contributed by atoms with van der Waals surface area (Å²) in [5.41, 5.74) is -0.202. The molecule has 1 aromatic heterocycles. The molecule has 158 valence electrons. The summed E-state index contributed by atoms with van der Waals surface area (Å²) in [5, 5.41) is 0.441. The van der Waals surface area contributed by atoms with Gasteiger partial charge >= 0.3 is 5.63 Å². The number of sulfone groups is 1. The summed E-state index contributed by atoms with van der Waals surface area (Å²) >= 11 is 3.32. The molecule has 8 heteroatoms. The van der Waals surface area contributed by atoms with Crippen LogP contribution in [0.1, 0.15) is 36.7 Å². The largest absolute Gasteiger partial charge is 0.493 e. The molecule has 0 bridgehead atoms. The summed E-state index contributed by atoms with van der Waals surface area (Å²) in [6.45, 7) is 6.06. The van der Waals surface area contributed by atoms with Gasteiger partial charge in [-0.15, -0.1) is 0 Å². The van der Waals surface area contributed by atoms with Gasteiger partial charge in [0.1, 0.15) is 11.3 Å². The van der Waals surface area contributed by atoms with Crippen molar-refractivity contribution in [1.29, 1.82) is 0 Å². The molecule has 3 rings (SSSR count). The summed E-state index contributed by atoms with van der Waals surface area (Å²) < 4.78 is 36.5. The Morgan fingerprint density at radius 1 is 1.10 bits per heavy atom. The third-order valence-corrected chi connectivity index (χ3v) is 6.77. The quantitative estimate of drug-likeness (QED) is 0.384. The van der Waals surface area contributed by atoms with E-state index in [1.807, 2.05) is 20.8 Å². The average Bonchev–Trinajstić information content (AvgIpc) is 2.66. The number of fused-ring (bicyclic) bond motifs is 1. The lowest BCUT2D eigenvalue weighted by molar-refractivity contribution is 0.101. The minimum absolute atomic E-state index is 0.0263. The monoisotopic (exact) mass is 492 g/mol. The normalized spacial score (nSPS) is 12.2. The first kappa shape index (κ1) is 22.2. The fourth-order valence-electron chi connectivity index (χ4n) is 3.01. The Labute approximate surface area is 182 Å². The first-order valence-corrected chi connectivity index (χ1v) is 11.5. The molecular formula is C22H21BrO6S. The van der Waals surface area contributed by atoms with Crippen LogP contribution >= 0.6 is 15.9 Å². The maximum atomic E-state index is 12.7. The zero-order chi connectivity index (χ0) is 22.3. The summed E-state index contributed by atoms with van der Waals surface area (Å²) in [6, 6.07) is 11.0. The molecule has 0 saturated carbocycles. The highest BCUT2D eigenvalue weighted by Gasteiger charge is 2.24. The number of benzene rings is 2. The highest BCUT2D eigenvalue weighted by molar-refractivity contribution is 9.10. The molecular weight excluding hydrogens is 472 g/mol. The number of carbonyl (C=O) groups is 1. The molecule has 0 N–H and O–H groups in total. The van der Waals surface area contributed by atoms with Crippen molar-refractivity contribution in [3.05, 3.63) is 68.5 Å². The number of Topliss-reactive ketones (excluding diaryl/α,β-unsaturated/α-hetero) is 1. The minimum atomic E-state index is -3.92. The van der Waals surface area contributed by atoms with E-state index in [0.29, 0.717) is 15.6 Å². The molecule has 0 aliphatic heterocycles. The molecule has 0 atom stereocenters. The van der Waals surface area contributed by atoms with Crippen molar-refractivity contribution in [3.8, 4) is 5.75 Å². The number of hydrogen-bond donors (Lipinski definition) is 0. The average molecular weight is 493 g/mol. The number of carbonyl (C=O) groups excluding carboxylic acids is 1. The van der Waals surface area contributed by atoms with Gasteiger partial charge in [-0.1, -0.05) is 48.8 Å². The van der Waals surface area contributed by atoms with E-state index in [1.54, 1.807) is 24.3 Å². The van der Waals surface area contributed by atoms with Gasteiger partial charge in [0.25, 0.3) is 0 Å². The van der Waals surface area contributed by atoms with E-state index >= 15 is 0 Å². The number of hydrogen-bond acceptors (Lipinski definition) is 6. The predicted octanol–water partition coefficient (Wildman–Crippen LogP) is 4.52. The van der Waals surface area contributed by atoms with Crippen molar-refractivity contribution < 1.29 is 22.4 Å². The van der Waals surface area contributed by atoms with Crippen molar-refractivity contribution in [2.24, 2.45) is 0 Å². The second kappa shape index (κ2) is 8.00. The first-order chi connectivity index (χ1) is 13.9. The van der Waals surface area contributed by atoms with Gasteiger partial charge in [0.15, 0.2) is 27.0 Å². The molecule has 1 heterocycles. The SMILES string of the molecule is COc1cc(Br)cc2cc(C(=O)CS(=O)(=O)c3ccc(C(C)(C)C)cc3)c(=O)oc12. The molecule has 0 amide bonds. The van der Waals surface area contributed by atoms with Gasteiger partial charge in [0.05, 0.1) is 12.0 Å². The van der Waals surface area contributed by atoms with Crippen LogP contribution in [0.25, 0.3) is 11.0 Å². The van der Waals surface area contributed by atoms with E-state index in [0.717, 1.165) is 5.56 Å². The minimum Gasteiger partial charge on any atom is -0.493 e. The number of halogens is 1. The van der Waals surface area contributed by atoms with E-state index < -0.39 is 27.0 Å². The molecule has 0 radical (unpaired) electrons. The Bertz CT molecular complexity index is 1280. The fraction of sp³-hybridized carbons (Fsp3) is 0.273. The molecule has 0 unspecified atom stereocenters. The van der Waals surface area contributed by atoms with Crippen LogP contribution in [-0.4, -0.2) is 27.1 Å². The maximum Gasteiger partial charge on any atom is 0.347 e. The van der Waals surface area contributed by atoms with Crippen molar-refractivity contribution in [2.45, 2.75) is 31.1 Å². The second-order valence-corrected chi connectivity index (χ2v) is 10.8. The summed E-state index contributed by atoms with van der Waals surface area (Å²) in [5.74, 6) is -1.34. The summed E-state index contributed by atoms with van der Waals surface area (Å²) in [4.78, 5) is 25.1.